The lowest BCUT2D eigenvalue weighted by molar-refractivity contribution is 0.0951. The van der Waals surface area contributed by atoms with Crippen molar-refractivity contribution in [3.63, 3.8) is 0 Å². The first-order valence-corrected chi connectivity index (χ1v) is 11.7. The Hall–Kier alpha value is -3.65. The Labute approximate surface area is 187 Å². The number of rotatable bonds is 9. The van der Waals surface area contributed by atoms with Crippen LogP contribution < -0.4 is 10.6 Å². The van der Waals surface area contributed by atoms with Gasteiger partial charge in [0.1, 0.15) is 5.75 Å². The number of phenolic OH excluding ortho intramolecular Hbond substituents is 1. The van der Waals surface area contributed by atoms with Crippen molar-refractivity contribution in [2.45, 2.75) is 17.1 Å². The molecule has 3 rings (SSSR count). The van der Waals surface area contributed by atoms with E-state index in [2.05, 4.69) is 10.6 Å². The average Bonchev–Trinajstić information content (AvgIpc) is 2.79. The summed E-state index contributed by atoms with van der Waals surface area (Å²) < 4.78 is 25.1. The summed E-state index contributed by atoms with van der Waals surface area (Å²) in [7, 11) is -3.50. The molecular weight excluding hydrogens is 428 g/mol. The molecule has 0 saturated heterocycles. The van der Waals surface area contributed by atoms with Crippen molar-refractivity contribution in [1.29, 1.82) is 0 Å². The molecule has 0 radical (unpaired) electrons. The van der Waals surface area contributed by atoms with Crippen molar-refractivity contribution in [3.05, 3.63) is 95.6 Å². The van der Waals surface area contributed by atoms with Gasteiger partial charge >= 0.3 is 0 Å². The number of hydrogen-bond acceptors (Lipinski definition) is 5. The van der Waals surface area contributed by atoms with Gasteiger partial charge in [0.2, 0.25) is 0 Å². The van der Waals surface area contributed by atoms with E-state index < -0.39 is 9.84 Å². The predicted octanol–water partition coefficient (Wildman–Crippen LogP) is 2.92. The first-order chi connectivity index (χ1) is 15.3. The van der Waals surface area contributed by atoms with Crippen LogP contribution in [0.15, 0.2) is 83.8 Å². The van der Waals surface area contributed by atoms with E-state index in [0.717, 1.165) is 0 Å². The zero-order chi connectivity index (χ0) is 23.0. The minimum Gasteiger partial charge on any atom is -0.508 e. The van der Waals surface area contributed by atoms with Crippen molar-refractivity contribution in [2.24, 2.45) is 0 Å². The summed E-state index contributed by atoms with van der Waals surface area (Å²) in [5, 5.41) is 14.9. The van der Waals surface area contributed by atoms with Gasteiger partial charge in [-0.2, -0.15) is 0 Å². The molecule has 0 heterocycles. The molecular formula is C24H24N2O5S. The molecule has 0 aliphatic heterocycles. The second-order valence-electron chi connectivity index (χ2n) is 7.19. The Morgan fingerprint density at radius 2 is 1.34 bits per heavy atom. The van der Waals surface area contributed by atoms with Crippen molar-refractivity contribution in [1.82, 2.24) is 10.6 Å². The Morgan fingerprint density at radius 3 is 1.97 bits per heavy atom. The Morgan fingerprint density at radius 1 is 0.750 bits per heavy atom. The molecule has 0 aromatic heterocycles. The zero-order valence-electron chi connectivity index (χ0n) is 17.3. The van der Waals surface area contributed by atoms with Gasteiger partial charge in [-0.25, -0.2) is 8.42 Å². The largest absolute Gasteiger partial charge is 0.508 e. The molecule has 3 N–H and O–H groups in total. The van der Waals surface area contributed by atoms with Gasteiger partial charge in [0.15, 0.2) is 9.84 Å². The maximum Gasteiger partial charge on any atom is 0.251 e. The lowest BCUT2D eigenvalue weighted by Gasteiger charge is -2.09. The summed E-state index contributed by atoms with van der Waals surface area (Å²) in [6, 6.07) is 20.8. The van der Waals surface area contributed by atoms with Gasteiger partial charge < -0.3 is 15.7 Å². The second-order valence-corrected chi connectivity index (χ2v) is 9.18. The highest BCUT2D eigenvalue weighted by atomic mass is 32.2. The number of nitrogens with one attached hydrogen (secondary N) is 2. The number of sulfone groups is 1. The van der Waals surface area contributed by atoms with Gasteiger partial charge in [-0.05, 0) is 54.4 Å². The molecule has 0 aliphatic carbocycles. The van der Waals surface area contributed by atoms with Crippen LogP contribution in [0.4, 0.5) is 0 Å². The van der Waals surface area contributed by atoms with Gasteiger partial charge in [0.25, 0.3) is 11.8 Å². The molecule has 0 aliphatic rings. The maximum absolute atomic E-state index is 12.6. The van der Waals surface area contributed by atoms with Crippen LogP contribution in [0, 0.1) is 0 Å². The van der Waals surface area contributed by atoms with Gasteiger partial charge in [0.05, 0.1) is 10.6 Å². The molecule has 3 aromatic rings. The molecule has 0 bridgehead atoms. The third-order valence-corrected chi connectivity index (χ3v) is 6.38. The average molecular weight is 453 g/mol. The van der Waals surface area contributed by atoms with Crippen LogP contribution in [-0.2, 0) is 15.6 Å². The number of phenols is 1. The van der Waals surface area contributed by atoms with E-state index in [4.69, 9.17) is 0 Å². The van der Waals surface area contributed by atoms with Gasteiger partial charge in [-0.15, -0.1) is 0 Å². The normalized spacial score (nSPS) is 11.0. The highest BCUT2D eigenvalue weighted by molar-refractivity contribution is 7.90. The van der Waals surface area contributed by atoms with E-state index in [0.29, 0.717) is 36.2 Å². The highest BCUT2D eigenvalue weighted by Gasteiger charge is 2.16. The van der Waals surface area contributed by atoms with Crippen molar-refractivity contribution >= 4 is 21.7 Å². The molecule has 2 amide bonds. The number of benzene rings is 3. The summed E-state index contributed by atoms with van der Waals surface area (Å²) in [5.74, 6) is -0.800. The number of carbonyl (C=O) groups excluding carboxylic acids is 2. The van der Waals surface area contributed by atoms with Gasteiger partial charge in [-0.3, -0.25) is 9.59 Å². The lowest BCUT2D eigenvalue weighted by atomic mass is 10.1. The minimum atomic E-state index is -3.50. The fourth-order valence-electron chi connectivity index (χ4n) is 3.08. The summed E-state index contributed by atoms with van der Waals surface area (Å²) in [6.45, 7) is 0.690. The molecule has 0 fully saturated rings. The van der Waals surface area contributed by atoms with E-state index in [1.54, 1.807) is 66.7 Å². The van der Waals surface area contributed by atoms with E-state index in [1.807, 2.05) is 0 Å². The third-order valence-electron chi connectivity index (χ3n) is 4.68. The van der Waals surface area contributed by atoms with Crippen molar-refractivity contribution in [2.75, 3.05) is 13.1 Å². The Balaban J connectivity index is 1.48. The Kier molecular flexibility index (Phi) is 7.62. The number of aromatic hydroxyl groups is 1. The molecule has 166 valence electrons. The summed E-state index contributed by atoms with van der Waals surface area (Å²) in [5.41, 5.74) is 1.26. The summed E-state index contributed by atoms with van der Waals surface area (Å²) >= 11 is 0. The minimum absolute atomic E-state index is 0.0173. The molecule has 0 saturated carbocycles. The number of amides is 2. The first kappa shape index (κ1) is 23.0. The number of carbonyl (C=O) groups is 2. The van der Waals surface area contributed by atoms with Gasteiger partial charge in [0, 0.05) is 24.2 Å². The van der Waals surface area contributed by atoms with Crippen LogP contribution >= 0.6 is 0 Å². The zero-order valence-corrected chi connectivity index (χ0v) is 18.1. The van der Waals surface area contributed by atoms with Crippen molar-refractivity contribution < 1.29 is 23.1 Å². The molecule has 8 heteroatoms. The van der Waals surface area contributed by atoms with Crippen LogP contribution in [0.5, 0.6) is 5.75 Å². The smallest absolute Gasteiger partial charge is 0.251 e. The van der Waals surface area contributed by atoms with Crippen LogP contribution in [0.25, 0.3) is 0 Å². The monoisotopic (exact) mass is 452 g/mol. The number of hydrogen-bond donors (Lipinski definition) is 3. The fourth-order valence-corrected chi connectivity index (χ4v) is 4.43. The van der Waals surface area contributed by atoms with E-state index in [1.165, 1.54) is 12.1 Å². The summed E-state index contributed by atoms with van der Waals surface area (Å²) in [6.07, 6.45) is 0.512. The van der Waals surface area contributed by atoms with Crippen molar-refractivity contribution in [3.8, 4) is 5.75 Å². The van der Waals surface area contributed by atoms with E-state index >= 15 is 0 Å². The molecule has 3 aromatic carbocycles. The van der Waals surface area contributed by atoms with Crippen LogP contribution in [-0.4, -0.2) is 38.4 Å². The van der Waals surface area contributed by atoms with Crippen LogP contribution in [0.3, 0.4) is 0 Å². The molecule has 0 spiro atoms. The standard InChI is InChI=1S/C24H24N2O5S/c27-21-10-5-9-20(16-21)24(29)26-14-6-13-25-23(28)19-8-4-7-18(15-19)17-32(30,31)22-11-2-1-3-12-22/h1-5,7-12,15-16,27H,6,13-14,17H2,(H,25,28)(H,26,29). The third kappa shape index (κ3) is 6.42. The second kappa shape index (κ2) is 10.6. The van der Waals surface area contributed by atoms with Gasteiger partial charge in [-0.1, -0.05) is 36.4 Å². The SMILES string of the molecule is O=C(NCCCNC(=O)c1cccc(CS(=O)(=O)c2ccccc2)c1)c1cccc(O)c1. The highest BCUT2D eigenvalue weighted by Crippen LogP contribution is 2.17. The van der Waals surface area contributed by atoms with E-state index in [9.17, 15) is 23.1 Å². The maximum atomic E-state index is 12.6. The summed E-state index contributed by atoms with van der Waals surface area (Å²) in [4.78, 5) is 24.7. The quantitative estimate of drug-likeness (QED) is 0.432. The fraction of sp³-hybridized carbons (Fsp3) is 0.167. The van der Waals surface area contributed by atoms with Crippen LogP contribution in [0.1, 0.15) is 32.7 Å². The Bertz CT molecular complexity index is 1190. The molecule has 0 unspecified atom stereocenters. The molecule has 32 heavy (non-hydrogen) atoms. The topological polar surface area (TPSA) is 113 Å². The molecule has 7 nitrogen and oxygen atoms in total. The van der Waals surface area contributed by atoms with E-state index in [-0.39, 0.29) is 28.2 Å². The van der Waals surface area contributed by atoms with Crippen LogP contribution in [0.2, 0.25) is 0 Å². The lowest BCUT2D eigenvalue weighted by Crippen LogP contribution is -2.30. The first-order valence-electron chi connectivity index (χ1n) is 10.1. The molecule has 0 atom stereocenters. The predicted molar refractivity (Wildman–Crippen MR) is 121 cm³/mol.